The molecule has 0 amide bonds. The van der Waals surface area contributed by atoms with Gasteiger partial charge in [-0.05, 0) is 45.1 Å². The van der Waals surface area contributed by atoms with Crippen LogP contribution in [0.5, 0.6) is 0 Å². The Hall–Kier alpha value is -0.820. The molecule has 3 N–H and O–H groups in total. The minimum Gasteiger partial charge on any atom is -0.393 e. The van der Waals surface area contributed by atoms with Gasteiger partial charge in [-0.15, -0.1) is 24.0 Å². The molecule has 0 unspecified atom stereocenters. The highest BCUT2D eigenvalue weighted by Gasteiger charge is 2.19. The van der Waals surface area contributed by atoms with E-state index in [1.54, 1.807) is 0 Å². The first-order chi connectivity index (χ1) is 10.2. The van der Waals surface area contributed by atoms with Crippen LogP contribution >= 0.6 is 24.0 Å². The average Bonchev–Trinajstić information content (AvgIpc) is 2.49. The number of nitrogens with one attached hydrogen (secondary N) is 2. The zero-order valence-corrected chi connectivity index (χ0v) is 15.8. The minimum atomic E-state index is -0.116. The van der Waals surface area contributed by atoms with E-state index in [0.717, 1.165) is 38.2 Å². The SMILES string of the molecule is CCNC(=NCc1ccc(C)cc1)NC1CCC(O)CC1.I. The second kappa shape index (κ2) is 10.0. The molecular formula is C17H28IN3O. The molecule has 1 aromatic carbocycles. The molecule has 0 aliphatic heterocycles. The second-order valence-corrected chi connectivity index (χ2v) is 5.83. The summed E-state index contributed by atoms with van der Waals surface area (Å²) >= 11 is 0. The predicted molar refractivity (Wildman–Crippen MR) is 103 cm³/mol. The fourth-order valence-electron chi connectivity index (χ4n) is 2.60. The van der Waals surface area contributed by atoms with E-state index in [0.29, 0.717) is 12.6 Å². The number of aliphatic imine (C=N–C) groups is 1. The van der Waals surface area contributed by atoms with E-state index in [1.165, 1.54) is 11.1 Å². The Labute approximate surface area is 150 Å². The largest absolute Gasteiger partial charge is 0.393 e. The van der Waals surface area contributed by atoms with Crippen LogP contribution in [0.3, 0.4) is 0 Å². The van der Waals surface area contributed by atoms with Crippen LogP contribution in [-0.2, 0) is 6.54 Å². The highest BCUT2D eigenvalue weighted by Crippen LogP contribution is 2.18. The molecule has 0 saturated heterocycles. The number of aliphatic hydroxyl groups excluding tert-OH is 1. The van der Waals surface area contributed by atoms with Gasteiger partial charge < -0.3 is 15.7 Å². The van der Waals surface area contributed by atoms with Gasteiger partial charge in [0.15, 0.2) is 5.96 Å². The van der Waals surface area contributed by atoms with Crippen LogP contribution in [-0.4, -0.2) is 29.8 Å². The second-order valence-electron chi connectivity index (χ2n) is 5.83. The van der Waals surface area contributed by atoms with Crippen molar-refractivity contribution in [2.45, 2.75) is 58.2 Å². The molecule has 4 nitrogen and oxygen atoms in total. The van der Waals surface area contributed by atoms with Crippen molar-refractivity contribution >= 4 is 29.9 Å². The van der Waals surface area contributed by atoms with E-state index in [4.69, 9.17) is 0 Å². The molecule has 2 rings (SSSR count). The van der Waals surface area contributed by atoms with Crippen LogP contribution in [0.25, 0.3) is 0 Å². The summed E-state index contributed by atoms with van der Waals surface area (Å²) in [7, 11) is 0. The van der Waals surface area contributed by atoms with Crippen molar-refractivity contribution in [3.05, 3.63) is 35.4 Å². The molecule has 5 heteroatoms. The van der Waals surface area contributed by atoms with Crippen molar-refractivity contribution in [1.82, 2.24) is 10.6 Å². The highest BCUT2D eigenvalue weighted by atomic mass is 127. The van der Waals surface area contributed by atoms with Crippen LogP contribution in [0.1, 0.15) is 43.7 Å². The third-order valence-electron chi connectivity index (χ3n) is 3.92. The summed E-state index contributed by atoms with van der Waals surface area (Å²) in [5.74, 6) is 0.875. The highest BCUT2D eigenvalue weighted by molar-refractivity contribution is 14.0. The Balaban J connectivity index is 0.00000242. The van der Waals surface area contributed by atoms with Gasteiger partial charge >= 0.3 is 0 Å². The predicted octanol–water partition coefficient (Wildman–Crippen LogP) is 2.97. The number of hydrogen-bond donors (Lipinski definition) is 3. The lowest BCUT2D eigenvalue weighted by molar-refractivity contribution is 0.120. The van der Waals surface area contributed by atoms with Gasteiger partial charge in [-0.3, -0.25) is 0 Å². The molecule has 0 radical (unpaired) electrons. The van der Waals surface area contributed by atoms with E-state index < -0.39 is 0 Å². The monoisotopic (exact) mass is 417 g/mol. The summed E-state index contributed by atoms with van der Waals surface area (Å²) in [5, 5.41) is 16.4. The molecular weight excluding hydrogens is 389 g/mol. The first kappa shape index (κ1) is 19.2. The van der Waals surface area contributed by atoms with Gasteiger partial charge in [0.1, 0.15) is 0 Å². The van der Waals surface area contributed by atoms with E-state index in [2.05, 4.69) is 53.7 Å². The summed E-state index contributed by atoms with van der Waals surface area (Å²) in [4.78, 5) is 4.66. The maximum absolute atomic E-state index is 9.57. The lowest BCUT2D eigenvalue weighted by Crippen LogP contribution is -2.45. The molecule has 0 heterocycles. The van der Waals surface area contributed by atoms with Gasteiger partial charge in [0.25, 0.3) is 0 Å². The van der Waals surface area contributed by atoms with Crippen LogP contribution < -0.4 is 10.6 Å². The van der Waals surface area contributed by atoms with E-state index in [1.807, 2.05) is 0 Å². The number of aliphatic hydroxyl groups is 1. The minimum absolute atomic E-state index is 0. The fourth-order valence-corrected chi connectivity index (χ4v) is 2.60. The molecule has 1 fully saturated rings. The topological polar surface area (TPSA) is 56.7 Å². The van der Waals surface area contributed by atoms with Gasteiger partial charge in [0.05, 0.1) is 12.6 Å². The molecule has 0 spiro atoms. The molecule has 0 bridgehead atoms. The number of rotatable bonds is 4. The fraction of sp³-hybridized carbons (Fsp3) is 0.588. The standard InChI is InChI=1S/C17H27N3O.HI/c1-3-18-17(20-15-8-10-16(21)11-9-15)19-12-14-6-4-13(2)5-7-14;/h4-7,15-16,21H,3,8-12H2,1-2H3,(H2,18,19,20);1H. The summed E-state index contributed by atoms with van der Waals surface area (Å²) in [5.41, 5.74) is 2.49. The number of guanidine groups is 1. The van der Waals surface area contributed by atoms with Crippen molar-refractivity contribution in [1.29, 1.82) is 0 Å². The van der Waals surface area contributed by atoms with Gasteiger partial charge in [-0.2, -0.15) is 0 Å². The first-order valence-corrected chi connectivity index (χ1v) is 7.96. The molecule has 22 heavy (non-hydrogen) atoms. The van der Waals surface area contributed by atoms with Crippen LogP contribution in [0.4, 0.5) is 0 Å². The first-order valence-electron chi connectivity index (χ1n) is 7.96. The third-order valence-corrected chi connectivity index (χ3v) is 3.92. The molecule has 0 aromatic heterocycles. The third kappa shape index (κ3) is 6.52. The Morgan fingerprint density at radius 3 is 2.41 bits per heavy atom. The Morgan fingerprint density at radius 2 is 1.82 bits per heavy atom. The van der Waals surface area contributed by atoms with E-state index in [9.17, 15) is 5.11 Å². The zero-order valence-electron chi connectivity index (χ0n) is 13.5. The average molecular weight is 417 g/mol. The Bertz CT molecular complexity index is 453. The summed E-state index contributed by atoms with van der Waals surface area (Å²) < 4.78 is 0. The lowest BCUT2D eigenvalue weighted by atomic mass is 9.93. The molecule has 0 atom stereocenters. The number of aryl methyl sites for hydroxylation is 1. The van der Waals surface area contributed by atoms with Crippen molar-refractivity contribution in [3.63, 3.8) is 0 Å². The molecule has 124 valence electrons. The Kier molecular flexibility index (Phi) is 8.78. The van der Waals surface area contributed by atoms with Crippen LogP contribution in [0.15, 0.2) is 29.3 Å². The summed E-state index contributed by atoms with van der Waals surface area (Å²) in [6, 6.07) is 8.91. The smallest absolute Gasteiger partial charge is 0.191 e. The normalized spacial score (nSPS) is 21.9. The van der Waals surface area contributed by atoms with Gasteiger partial charge in [0.2, 0.25) is 0 Å². The molecule has 1 aliphatic rings. The molecule has 1 saturated carbocycles. The van der Waals surface area contributed by atoms with Crippen molar-refractivity contribution < 1.29 is 5.11 Å². The van der Waals surface area contributed by atoms with Gasteiger partial charge in [-0.1, -0.05) is 29.8 Å². The number of halogens is 1. The summed E-state index contributed by atoms with van der Waals surface area (Å²) in [6.07, 6.45) is 3.67. The summed E-state index contributed by atoms with van der Waals surface area (Å²) in [6.45, 7) is 5.71. The Morgan fingerprint density at radius 1 is 1.18 bits per heavy atom. The van der Waals surface area contributed by atoms with Gasteiger partial charge in [-0.25, -0.2) is 4.99 Å². The molecule has 1 aromatic rings. The maximum Gasteiger partial charge on any atom is 0.191 e. The van der Waals surface area contributed by atoms with E-state index in [-0.39, 0.29) is 30.1 Å². The lowest BCUT2D eigenvalue weighted by Gasteiger charge is -2.27. The number of benzene rings is 1. The molecule has 1 aliphatic carbocycles. The van der Waals surface area contributed by atoms with Crippen molar-refractivity contribution in [2.24, 2.45) is 4.99 Å². The van der Waals surface area contributed by atoms with E-state index >= 15 is 0 Å². The van der Waals surface area contributed by atoms with Crippen LogP contribution in [0.2, 0.25) is 0 Å². The zero-order chi connectivity index (χ0) is 15.1. The quantitative estimate of drug-likeness (QED) is 0.401. The number of hydrogen-bond acceptors (Lipinski definition) is 2. The van der Waals surface area contributed by atoms with Crippen molar-refractivity contribution in [3.8, 4) is 0 Å². The maximum atomic E-state index is 9.57. The van der Waals surface area contributed by atoms with Crippen molar-refractivity contribution in [2.75, 3.05) is 6.54 Å². The van der Waals surface area contributed by atoms with Crippen LogP contribution in [0, 0.1) is 6.92 Å². The number of nitrogens with zero attached hydrogens (tertiary/aromatic N) is 1. The van der Waals surface area contributed by atoms with Gasteiger partial charge in [0, 0.05) is 12.6 Å².